The van der Waals surface area contributed by atoms with E-state index in [0.717, 1.165) is 11.0 Å². The molecular weight excluding hydrogens is 386 g/mol. The Morgan fingerprint density at radius 3 is 2.70 bits per heavy atom. The molecule has 3 rings (SSSR count). The van der Waals surface area contributed by atoms with Crippen molar-refractivity contribution in [3.63, 3.8) is 0 Å². The van der Waals surface area contributed by atoms with E-state index in [4.69, 9.17) is 9.15 Å². The van der Waals surface area contributed by atoms with Crippen LogP contribution in [0, 0.1) is 0 Å². The Balaban J connectivity index is 1.67. The third kappa shape index (κ3) is 4.58. The minimum atomic E-state index is -0.366. The van der Waals surface area contributed by atoms with Crippen LogP contribution in [-0.4, -0.2) is 64.4 Å². The van der Waals surface area contributed by atoms with Gasteiger partial charge in [0.1, 0.15) is 5.69 Å². The molecule has 0 radical (unpaired) electrons. The maximum atomic E-state index is 13.2. The molecule has 1 aliphatic heterocycles. The van der Waals surface area contributed by atoms with Crippen LogP contribution in [0.3, 0.4) is 0 Å². The topological polar surface area (TPSA) is 85.0 Å². The minimum absolute atomic E-state index is 0.0754. The Morgan fingerprint density at radius 2 is 2.03 bits per heavy atom. The first-order chi connectivity index (χ1) is 14.3. The van der Waals surface area contributed by atoms with Crippen LogP contribution in [0.25, 0.3) is 11.1 Å². The van der Waals surface area contributed by atoms with Gasteiger partial charge in [-0.15, -0.1) is 0 Å². The number of carbonyl (C=O) groups excluding carboxylic acids is 3. The van der Waals surface area contributed by atoms with Crippen molar-refractivity contribution < 1.29 is 23.5 Å². The number of esters is 1. The molecule has 1 saturated heterocycles. The molecule has 0 saturated carbocycles. The highest BCUT2D eigenvalue weighted by Gasteiger charge is 2.32. The molecule has 0 N–H and O–H groups in total. The van der Waals surface area contributed by atoms with Gasteiger partial charge in [0.2, 0.25) is 11.6 Å². The maximum absolute atomic E-state index is 13.2. The van der Waals surface area contributed by atoms with E-state index < -0.39 is 0 Å². The number of hydrogen-bond donors (Lipinski definition) is 0. The fourth-order valence-electron chi connectivity index (χ4n) is 3.84. The number of hydrogen-bond acceptors (Lipinski definition) is 5. The minimum Gasteiger partial charge on any atom is -0.466 e. The highest BCUT2D eigenvalue weighted by atomic mass is 16.5. The molecule has 1 atom stereocenters. The number of rotatable bonds is 7. The average molecular weight is 415 g/mol. The summed E-state index contributed by atoms with van der Waals surface area (Å²) in [5.74, 6) is -0.547. The van der Waals surface area contributed by atoms with Crippen LogP contribution >= 0.6 is 0 Å². The Hall–Kier alpha value is -3.03. The molecule has 162 valence electrons. The predicted molar refractivity (Wildman–Crippen MR) is 112 cm³/mol. The quantitative estimate of drug-likeness (QED) is 0.513. The number of aromatic nitrogens is 1. The van der Waals surface area contributed by atoms with Gasteiger partial charge in [-0.25, -0.2) is 0 Å². The van der Waals surface area contributed by atoms with E-state index in [0.29, 0.717) is 44.2 Å². The van der Waals surface area contributed by atoms with E-state index in [2.05, 4.69) is 6.58 Å². The number of ether oxygens (including phenoxy) is 1. The van der Waals surface area contributed by atoms with Gasteiger partial charge < -0.3 is 23.5 Å². The summed E-state index contributed by atoms with van der Waals surface area (Å²) in [6.07, 6.45) is 1.80. The van der Waals surface area contributed by atoms with E-state index in [1.807, 2.05) is 30.5 Å². The standard InChI is InChI=1S/C22H29N3O5/c1-5-29-20(27)7-6-19(26)24-10-9-23(14-16(24)4)21(28)18-12-17-8-11-30-22(17)25(18)13-15(2)3/h8,11-12,16H,2,5-7,9-10,13-14H2,1,3-4H3/t16-/m1/s1. The van der Waals surface area contributed by atoms with Gasteiger partial charge in [0.25, 0.3) is 5.91 Å². The lowest BCUT2D eigenvalue weighted by Crippen LogP contribution is -2.55. The highest BCUT2D eigenvalue weighted by Crippen LogP contribution is 2.24. The normalized spacial score (nSPS) is 16.7. The summed E-state index contributed by atoms with van der Waals surface area (Å²) in [6, 6.07) is 3.54. The van der Waals surface area contributed by atoms with Gasteiger partial charge in [0.05, 0.1) is 19.3 Å². The van der Waals surface area contributed by atoms with E-state index in [9.17, 15) is 14.4 Å². The van der Waals surface area contributed by atoms with Crippen LogP contribution in [0.2, 0.25) is 0 Å². The lowest BCUT2D eigenvalue weighted by atomic mass is 10.1. The van der Waals surface area contributed by atoms with Crippen molar-refractivity contribution in [1.82, 2.24) is 14.4 Å². The van der Waals surface area contributed by atoms with Crippen LogP contribution in [0.4, 0.5) is 0 Å². The Labute approximate surface area is 176 Å². The number of piperazine rings is 1. The van der Waals surface area contributed by atoms with Crippen LogP contribution in [0.15, 0.2) is 35.0 Å². The molecule has 8 heteroatoms. The first-order valence-corrected chi connectivity index (χ1v) is 10.3. The van der Waals surface area contributed by atoms with E-state index >= 15 is 0 Å². The smallest absolute Gasteiger partial charge is 0.306 e. The van der Waals surface area contributed by atoms with Gasteiger partial charge in [0, 0.05) is 44.0 Å². The molecule has 0 unspecified atom stereocenters. The van der Waals surface area contributed by atoms with Gasteiger partial charge in [-0.1, -0.05) is 12.2 Å². The van der Waals surface area contributed by atoms with Crippen LogP contribution in [0.5, 0.6) is 0 Å². The van der Waals surface area contributed by atoms with E-state index in [1.165, 1.54) is 0 Å². The van der Waals surface area contributed by atoms with Gasteiger partial charge in [-0.05, 0) is 32.9 Å². The Bertz CT molecular complexity index is 957. The first-order valence-electron chi connectivity index (χ1n) is 10.3. The fourth-order valence-corrected chi connectivity index (χ4v) is 3.84. The lowest BCUT2D eigenvalue weighted by molar-refractivity contribution is -0.146. The molecule has 0 aromatic carbocycles. The molecule has 3 heterocycles. The molecular formula is C22H29N3O5. The molecule has 0 aliphatic carbocycles. The van der Waals surface area contributed by atoms with Gasteiger partial charge in [-0.3, -0.25) is 14.4 Å². The Morgan fingerprint density at radius 1 is 1.27 bits per heavy atom. The second-order valence-corrected chi connectivity index (χ2v) is 7.75. The lowest BCUT2D eigenvalue weighted by Gasteiger charge is -2.40. The SMILES string of the molecule is C=C(C)Cn1c(C(=O)N2CCN(C(=O)CCC(=O)OCC)[C@H](C)C2)cc2ccoc21. The van der Waals surface area contributed by atoms with Crippen molar-refractivity contribution in [2.45, 2.75) is 46.2 Å². The number of amides is 2. The summed E-state index contributed by atoms with van der Waals surface area (Å²) in [6.45, 7) is 11.6. The summed E-state index contributed by atoms with van der Waals surface area (Å²) in [7, 11) is 0. The van der Waals surface area contributed by atoms with Crippen molar-refractivity contribution in [3.8, 4) is 0 Å². The number of fused-ring (bicyclic) bond motifs is 1. The molecule has 1 aliphatic rings. The summed E-state index contributed by atoms with van der Waals surface area (Å²) < 4.78 is 12.3. The summed E-state index contributed by atoms with van der Waals surface area (Å²) >= 11 is 0. The predicted octanol–water partition coefficient (Wildman–Crippen LogP) is 2.83. The number of carbonyl (C=O) groups is 3. The van der Waals surface area contributed by atoms with Crippen LogP contribution < -0.4 is 0 Å². The molecule has 1 fully saturated rings. The largest absolute Gasteiger partial charge is 0.466 e. The second-order valence-electron chi connectivity index (χ2n) is 7.75. The maximum Gasteiger partial charge on any atom is 0.306 e. The average Bonchev–Trinajstić information content (AvgIpc) is 3.28. The van der Waals surface area contributed by atoms with Gasteiger partial charge in [0.15, 0.2) is 0 Å². The molecule has 8 nitrogen and oxygen atoms in total. The van der Waals surface area contributed by atoms with Crippen molar-refractivity contribution in [2.75, 3.05) is 26.2 Å². The van der Waals surface area contributed by atoms with Crippen molar-refractivity contribution >= 4 is 28.9 Å². The van der Waals surface area contributed by atoms with Crippen LogP contribution in [-0.2, 0) is 20.9 Å². The molecule has 2 aromatic rings. The van der Waals surface area contributed by atoms with Crippen molar-refractivity contribution in [2.24, 2.45) is 0 Å². The number of allylic oxidation sites excluding steroid dienone is 1. The van der Waals surface area contributed by atoms with Gasteiger partial charge >= 0.3 is 5.97 Å². The molecule has 2 aromatic heterocycles. The second kappa shape index (κ2) is 9.19. The zero-order valence-corrected chi connectivity index (χ0v) is 17.8. The highest BCUT2D eigenvalue weighted by molar-refractivity contribution is 5.98. The van der Waals surface area contributed by atoms with E-state index in [-0.39, 0.29) is 36.7 Å². The fraction of sp³-hybridized carbons (Fsp3) is 0.500. The first kappa shape index (κ1) is 21.7. The third-order valence-electron chi connectivity index (χ3n) is 5.23. The van der Waals surface area contributed by atoms with Gasteiger partial charge in [-0.2, -0.15) is 0 Å². The van der Waals surface area contributed by atoms with E-state index in [1.54, 1.807) is 23.0 Å². The molecule has 2 amide bonds. The third-order valence-corrected chi connectivity index (χ3v) is 5.23. The van der Waals surface area contributed by atoms with Crippen molar-refractivity contribution in [3.05, 3.63) is 36.2 Å². The zero-order chi connectivity index (χ0) is 21.8. The summed E-state index contributed by atoms with van der Waals surface area (Å²) in [5, 5.41) is 0.875. The molecule has 30 heavy (non-hydrogen) atoms. The zero-order valence-electron chi connectivity index (χ0n) is 17.8. The summed E-state index contributed by atoms with van der Waals surface area (Å²) in [4.78, 5) is 40.8. The Kier molecular flexibility index (Phi) is 6.64. The monoisotopic (exact) mass is 415 g/mol. The number of furan rings is 1. The van der Waals surface area contributed by atoms with Crippen molar-refractivity contribution in [1.29, 1.82) is 0 Å². The van der Waals surface area contributed by atoms with Crippen LogP contribution in [0.1, 0.15) is 44.1 Å². The molecule has 0 spiro atoms. The molecule has 0 bridgehead atoms. The number of nitrogens with zero attached hydrogens (tertiary/aromatic N) is 3. The summed E-state index contributed by atoms with van der Waals surface area (Å²) in [5.41, 5.74) is 2.13.